The van der Waals surface area contributed by atoms with Gasteiger partial charge in [0.25, 0.3) is 0 Å². The minimum Gasteiger partial charge on any atom is -0.377 e. The second kappa shape index (κ2) is 6.10. The van der Waals surface area contributed by atoms with Crippen molar-refractivity contribution in [3.05, 3.63) is 46.2 Å². The normalized spacial score (nSPS) is 13.2. The number of anilines is 1. The number of thiophene rings is 1. The van der Waals surface area contributed by atoms with Gasteiger partial charge in [-0.2, -0.15) is 13.2 Å². The number of nitrogens with one attached hydrogen (secondary N) is 1. The van der Waals surface area contributed by atoms with Crippen LogP contribution in [-0.2, 0) is 0 Å². The first-order valence-corrected chi connectivity index (χ1v) is 7.66. The Morgan fingerprint density at radius 3 is 2.45 bits per heavy atom. The molecule has 0 aliphatic carbocycles. The Morgan fingerprint density at radius 1 is 1.15 bits per heavy atom. The molecule has 20 heavy (non-hydrogen) atoms. The first-order chi connectivity index (χ1) is 9.35. The monoisotopic (exact) mass is 317 g/mol. The third kappa shape index (κ3) is 4.18. The van der Waals surface area contributed by atoms with Crippen LogP contribution in [0, 0.1) is 6.92 Å². The Balaban J connectivity index is 2.17. The van der Waals surface area contributed by atoms with Gasteiger partial charge in [-0.05, 0) is 49.9 Å². The van der Waals surface area contributed by atoms with E-state index in [1.807, 2.05) is 26.0 Å². The number of hydrogen-bond donors (Lipinski definition) is 1. The van der Waals surface area contributed by atoms with Crippen LogP contribution in [0.3, 0.4) is 0 Å². The molecule has 1 atom stereocenters. The van der Waals surface area contributed by atoms with Crippen molar-refractivity contribution in [2.75, 3.05) is 5.32 Å². The molecule has 1 N–H and O–H groups in total. The molecule has 1 heterocycles. The van der Waals surface area contributed by atoms with E-state index in [9.17, 15) is 13.2 Å². The molecule has 0 spiro atoms. The van der Waals surface area contributed by atoms with Crippen LogP contribution in [-0.4, -0.2) is 5.51 Å². The Bertz CT molecular complexity index is 578. The molecule has 0 saturated carbocycles. The molecule has 0 saturated heterocycles. The summed E-state index contributed by atoms with van der Waals surface area (Å²) in [5, 5.41) is 3.15. The zero-order chi connectivity index (χ0) is 14.8. The maximum atomic E-state index is 12.5. The summed E-state index contributed by atoms with van der Waals surface area (Å²) in [4.78, 5) is 2.49. The molecule has 0 aliphatic heterocycles. The Labute approximate surface area is 124 Å². The van der Waals surface area contributed by atoms with Gasteiger partial charge < -0.3 is 5.32 Å². The number of aryl methyl sites for hydroxylation is 1. The molecule has 0 aliphatic rings. The van der Waals surface area contributed by atoms with E-state index >= 15 is 0 Å². The van der Waals surface area contributed by atoms with E-state index in [1.54, 1.807) is 29.5 Å². The standard InChI is InChI=1S/C14H14F3NS2/c1-9-7-8-12(19-9)10(2)18-11-5-3-4-6-13(11)20-14(15,16)17/h3-8,10,18H,1-2H3. The van der Waals surface area contributed by atoms with Crippen LogP contribution in [0.4, 0.5) is 18.9 Å². The molecule has 2 aromatic rings. The third-order valence-electron chi connectivity index (χ3n) is 2.67. The summed E-state index contributed by atoms with van der Waals surface area (Å²) in [6.07, 6.45) is 0. The fourth-order valence-electron chi connectivity index (χ4n) is 1.79. The van der Waals surface area contributed by atoms with E-state index in [2.05, 4.69) is 5.32 Å². The van der Waals surface area contributed by atoms with Crippen LogP contribution < -0.4 is 5.32 Å². The molecule has 2 rings (SSSR count). The van der Waals surface area contributed by atoms with E-state index in [4.69, 9.17) is 0 Å². The number of benzene rings is 1. The minimum absolute atomic E-state index is 0.0244. The average molecular weight is 317 g/mol. The van der Waals surface area contributed by atoms with Gasteiger partial charge in [-0.25, -0.2) is 0 Å². The van der Waals surface area contributed by atoms with E-state index in [0.29, 0.717) is 5.69 Å². The summed E-state index contributed by atoms with van der Waals surface area (Å²) in [6, 6.07) is 10.5. The van der Waals surface area contributed by atoms with Crippen molar-refractivity contribution in [1.29, 1.82) is 0 Å². The molecule has 1 aromatic heterocycles. The zero-order valence-corrected chi connectivity index (χ0v) is 12.6. The molecule has 0 radical (unpaired) electrons. The second-order valence-electron chi connectivity index (χ2n) is 4.36. The van der Waals surface area contributed by atoms with Crippen LogP contribution in [0.25, 0.3) is 0 Å². The Hall–Kier alpha value is -1.14. The van der Waals surface area contributed by atoms with Gasteiger partial charge in [-0.1, -0.05) is 12.1 Å². The van der Waals surface area contributed by atoms with Gasteiger partial charge in [-0.3, -0.25) is 0 Å². The Kier molecular flexibility index (Phi) is 4.65. The van der Waals surface area contributed by atoms with E-state index in [-0.39, 0.29) is 22.7 Å². The van der Waals surface area contributed by atoms with Crippen LogP contribution in [0.15, 0.2) is 41.3 Å². The molecule has 0 fully saturated rings. The van der Waals surface area contributed by atoms with Gasteiger partial charge in [0, 0.05) is 20.3 Å². The lowest BCUT2D eigenvalue weighted by molar-refractivity contribution is -0.0327. The van der Waals surface area contributed by atoms with Gasteiger partial charge in [0.05, 0.1) is 6.04 Å². The summed E-state index contributed by atoms with van der Waals surface area (Å²) in [5.41, 5.74) is -3.77. The van der Waals surface area contributed by atoms with Crippen molar-refractivity contribution in [3.63, 3.8) is 0 Å². The van der Waals surface area contributed by atoms with Gasteiger partial charge >= 0.3 is 5.51 Å². The van der Waals surface area contributed by atoms with Crippen molar-refractivity contribution >= 4 is 28.8 Å². The van der Waals surface area contributed by atoms with Crippen LogP contribution in [0.1, 0.15) is 22.7 Å². The quantitative estimate of drug-likeness (QED) is 0.711. The molecule has 0 bridgehead atoms. The maximum Gasteiger partial charge on any atom is 0.446 e. The highest BCUT2D eigenvalue weighted by Crippen LogP contribution is 2.41. The fourth-order valence-corrected chi connectivity index (χ4v) is 3.30. The maximum absolute atomic E-state index is 12.5. The van der Waals surface area contributed by atoms with Crippen LogP contribution in [0.2, 0.25) is 0 Å². The number of thioether (sulfide) groups is 1. The number of rotatable bonds is 4. The van der Waals surface area contributed by atoms with Crippen molar-refractivity contribution in [2.24, 2.45) is 0 Å². The van der Waals surface area contributed by atoms with Gasteiger partial charge in [0.2, 0.25) is 0 Å². The number of halogens is 3. The van der Waals surface area contributed by atoms with Crippen molar-refractivity contribution in [2.45, 2.75) is 30.3 Å². The summed E-state index contributed by atoms with van der Waals surface area (Å²) >= 11 is 1.55. The van der Waals surface area contributed by atoms with E-state index in [1.165, 1.54) is 10.9 Å². The highest BCUT2D eigenvalue weighted by atomic mass is 32.2. The summed E-state index contributed by atoms with van der Waals surface area (Å²) in [6.45, 7) is 3.95. The smallest absolute Gasteiger partial charge is 0.377 e. The lowest BCUT2D eigenvalue weighted by Crippen LogP contribution is -2.07. The van der Waals surface area contributed by atoms with Crippen molar-refractivity contribution in [1.82, 2.24) is 0 Å². The van der Waals surface area contributed by atoms with Gasteiger partial charge in [0.1, 0.15) is 0 Å². The Morgan fingerprint density at radius 2 is 1.85 bits per heavy atom. The number of para-hydroxylation sites is 1. The van der Waals surface area contributed by atoms with E-state index < -0.39 is 5.51 Å². The molecule has 0 amide bonds. The fraction of sp³-hybridized carbons (Fsp3) is 0.286. The van der Waals surface area contributed by atoms with Crippen molar-refractivity contribution < 1.29 is 13.2 Å². The first-order valence-electron chi connectivity index (χ1n) is 6.03. The third-order valence-corrected chi connectivity index (χ3v) is 4.66. The lowest BCUT2D eigenvalue weighted by atomic mass is 10.2. The molecule has 1 unspecified atom stereocenters. The lowest BCUT2D eigenvalue weighted by Gasteiger charge is -2.17. The minimum atomic E-state index is -4.28. The highest BCUT2D eigenvalue weighted by Gasteiger charge is 2.30. The average Bonchev–Trinajstić information content (AvgIpc) is 2.77. The van der Waals surface area contributed by atoms with Crippen LogP contribution >= 0.6 is 23.1 Å². The predicted molar refractivity (Wildman–Crippen MR) is 79.4 cm³/mol. The molecular formula is C14H14F3NS2. The molecular weight excluding hydrogens is 303 g/mol. The second-order valence-corrected chi connectivity index (χ2v) is 6.78. The molecule has 108 valence electrons. The van der Waals surface area contributed by atoms with Gasteiger partial charge in [-0.15, -0.1) is 11.3 Å². The number of alkyl halides is 3. The first kappa shape index (κ1) is 15.3. The SMILES string of the molecule is Cc1ccc(C(C)Nc2ccccc2SC(F)(F)F)s1. The summed E-state index contributed by atoms with van der Waals surface area (Å²) in [7, 11) is 0. The zero-order valence-electron chi connectivity index (χ0n) is 11.0. The highest BCUT2D eigenvalue weighted by molar-refractivity contribution is 8.00. The largest absolute Gasteiger partial charge is 0.446 e. The molecule has 1 aromatic carbocycles. The molecule has 6 heteroatoms. The summed E-state index contributed by atoms with van der Waals surface area (Å²) in [5.74, 6) is 0. The van der Waals surface area contributed by atoms with Gasteiger partial charge in [0.15, 0.2) is 0 Å². The van der Waals surface area contributed by atoms with E-state index in [0.717, 1.165) is 4.88 Å². The number of hydrogen-bond acceptors (Lipinski definition) is 3. The van der Waals surface area contributed by atoms with Crippen molar-refractivity contribution in [3.8, 4) is 0 Å². The topological polar surface area (TPSA) is 12.0 Å². The predicted octanol–water partition coefficient (Wildman–Crippen LogP) is 5.84. The molecule has 1 nitrogen and oxygen atoms in total. The summed E-state index contributed by atoms with van der Waals surface area (Å²) < 4.78 is 37.6. The van der Waals surface area contributed by atoms with Crippen LogP contribution in [0.5, 0.6) is 0 Å².